The minimum atomic E-state index is -5.19. The molecule has 1 heterocycles. The van der Waals surface area contributed by atoms with Crippen LogP contribution in [0.4, 0.5) is 0 Å². The summed E-state index contributed by atoms with van der Waals surface area (Å²) in [5.74, 6) is 0.918. The number of pyridine rings is 1. The predicted octanol–water partition coefficient (Wildman–Crippen LogP) is 0.448. The Kier molecular flexibility index (Phi) is 6.74. The van der Waals surface area contributed by atoms with Gasteiger partial charge in [-0.05, 0) is 18.4 Å². The van der Waals surface area contributed by atoms with E-state index in [0.717, 1.165) is 6.42 Å². The minimum Gasteiger partial charge on any atom is -0.778 e. The maximum atomic E-state index is 11.2. The lowest BCUT2D eigenvalue weighted by atomic mass is 10.1. The summed E-state index contributed by atoms with van der Waals surface area (Å²) in [5.41, 5.74) is 0. The molecule has 1 aromatic heterocycles. The molecule has 1 aromatic rings. The zero-order valence-electron chi connectivity index (χ0n) is 12.4. The largest absolute Gasteiger partial charge is 0.778 e. The number of aromatic nitrogens is 1. The van der Waals surface area contributed by atoms with Crippen molar-refractivity contribution < 1.29 is 38.0 Å². The molecule has 10 heteroatoms. The van der Waals surface area contributed by atoms with E-state index < -0.39 is 27.1 Å². The van der Waals surface area contributed by atoms with Crippen molar-refractivity contribution in [2.75, 3.05) is 6.61 Å². The van der Waals surface area contributed by atoms with Gasteiger partial charge in [0, 0.05) is 6.07 Å². The lowest BCUT2D eigenvalue weighted by molar-refractivity contribution is -0.695. The molecule has 0 radical (unpaired) electrons. The number of nitrogens with zero attached hydrogens (tertiary/aromatic N) is 1. The van der Waals surface area contributed by atoms with Gasteiger partial charge >= 0.3 is 7.60 Å². The Morgan fingerprint density at radius 1 is 1.32 bits per heavy atom. The van der Waals surface area contributed by atoms with Crippen molar-refractivity contribution in [1.82, 2.24) is 0 Å². The molecule has 0 saturated heterocycles. The zero-order chi connectivity index (χ0) is 17.0. The minimum absolute atomic E-state index is 0.450. The van der Waals surface area contributed by atoms with Crippen LogP contribution in [0.25, 0.3) is 0 Å². The zero-order valence-corrected chi connectivity index (χ0v) is 14.2. The van der Waals surface area contributed by atoms with E-state index in [1.807, 2.05) is 13.8 Å². The van der Waals surface area contributed by atoms with Gasteiger partial charge < -0.3 is 28.9 Å². The summed E-state index contributed by atoms with van der Waals surface area (Å²) in [7, 11) is -10.2. The van der Waals surface area contributed by atoms with Crippen molar-refractivity contribution in [3.63, 3.8) is 0 Å². The average molecular weight is 353 g/mol. The molecule has 3 N–H and O–H groups in total. The van der Waals surface area contributed by atoms with Crippen LogP contribution in [0.3, 0.4) is 0 Å². The Balaban J connectivity index is 2.84. The molecule has 1 rings (SSSR count). The van der Waals surface area contributed by atoms with Crippen LogP contribution in [-0.2, 0) is 15.7 Å². The lowest BCUT2D eigenvalue weighted by Crippen LogP contribution is -2.40. The van der Waals surface area contributed by atoms with Gasteiger partial charge in [0.1, 0.15) is 0 Å². The second-order valence-electron chi connectivity index (χ2n) is 5.40. The van der Waals surface area contributed by atoms with Gasteiger partial charge in [0.15, 0.2) is 31.5 Å². The van der Waals surface area contributed by atoms with Gasteiger partial charge in [-0.1, -0.05) is 13.8 Å². The van der Waals surface area contributed by atoms with Crippen LogP contribution < -0.4 is 14.2 Å². The number of hydrogen-bond donors (Lipinski definition) is 3. The fourth-order valence-electron chi connectivity index (χ4n) is 1.70. The summed E-state index contributed by atoms with van der Waals surface area (Å²) < 4.78 is 29.1. The Morgan fingerprint density at radius 3 is 2.45 bits per heavy atom. The highest BCUT2D eigenvalue weighted by Gasteiger charge is 2.40. The molecule has 0 aromatic carbocycles. The molecule has 0 fully saturated rings. The van der Waals surface area contributed by atoms with Crippen LogP contribution in [0, 0.1) is 5.92 Å². The summed E-state index contributed by atoms with van der Waals surface area (Å²) in [6.07, 6.45) is 3.71. The second kappa shape index (κ2) is 7.68. The van der Waals surface area contributed by atoms with E-state index in [1.165, 1.54) is 17.0 Å². The quantitative estimate of drug-likeness (QED) is 0.457. The Morgan fingerprint density at radius 2 is 1.95 bits per heavy atom. The molecule has 0 aliphatic carbocycles. The highest BCUT2D eigenvalue weighted by Crippen LogP contribution is 2.57. The van der Waals surface area contributed by atoms with Crippen molar-refractivity contribution in [3.05, 3.63) is 24.5 Å². The first-order valence-electron chi connectivity index (χ1n) is 6.70. The SMILES string of the molecule is CC(C)CCOc1ccc[n+](CC(P(=O)([O-])O)P(=O)(O)O)c1. The van der Waals surface area contributed by atoms with E-state index >= 15 is 0 Å². The van der Waals surface area contributed by atoms with Crippen molar-refractivity contribution in [1.29, 1.82) is 0 Å². The third kappa shape index (κ3) is 6.57. The molecule has 0 bridgehead atoms. The molecular formula is C12H21NO7P2. The highest BCUT2D eigenvalue weighted by atomic mass is 31.2. The van der Waals surface area contributed by atoms with Crippen molar-refractivity contribution in [2.45, 2.75) is 32.2 Å². The van der Waals surface area contributed by atoms with Crippen molar-refractivity contribution in [2.24, 2.45) is 5.92 Å². The fourth-order valence-corrected chi connectivity index (χ4v) is 4.01. The maximum Gasteiger partial charge on any atom is 0.343 e. The van der Waals surface area contributed by atoms with E-state index in [1.54, 1.807) is 12.1 Å². The van der Waals surface area contributed by atoms with Crippen molar-refractivity contribution in [3.8, 4) is 5.75 Å². The van der Waals surface area contributed by atoms with Gasteiger partial charge in [0.2, 0.25) is 6.20 Å². The van der Waals surface area contributed by atoms with Crippen LogP contribution in [0.1, 0.15) is 20.3 Å². The van der Waals surface area contributed by atoms with E-state index in [2.05, 4.69) is 0 Å². The first-order valence-corrected chi connectivity index (χ1v) is 10.0. The van der Waals surface area contributed by atoms with Crippen LogP contribution >= 0.6 is 15.2 Å². The van der Waals surface area contributed by atoms with E-state index in [4.69, 9.17) is 19.4 Å². The van der Waals surface area contributed by atoms with Gasteiger partial charge in [0.25, 0.3) is 0 Å². The number of ether oxygens (including phenoxy) is 1. The van der Waals surface area contributed by atoms with E-state index in [-0.39, 0.29) is 0 Å². The first-order chi connectivity index (χ1) is 10.00. The number of hydrogen-bond acceptors (Lipinski definition) is 4. The highest BCUT2D eigenvalue weighted by molar-refractivity contribution is 7.70. The summed E-state index contributed by atoms with van der Waals surface area (Å²) in [5, 5.41) is -2.18. The molecule has 22 heavy (non-hydrogen) atoms. The summed E-state index contributed by atoms with van der Waals surface area (Å²) in [4.78, 5) is 38.3. The van der Waals surface area contributed by atoms with E-state index in [0.29, 0.717) is 18.3 Å². The van der Waals surface area contributed by atoms with Crippen LogP contribution in [0.2, 0.25) is 0 Å². The summed E-state index contributed by atoms with van der Waals surface area (Å²) in [6.45, 7) is 4.00. The van der Waals surface area contributed by atoms with Gasteiger partial charge in [-0.15, -0.1) is 0 Å². The molecule has 2 atom stereocenters. The predicted molar refractivity (Wildman–Crippen MR) is 77.2 cm³/mol. The number of rotatable bonds is 8. The molecular weight excluding hydrogens is 332 g/mol. The third-order valence-corrected chi connectivity index (χ3v) is 6.57. The monoisotopic (exact) mass is 353 g/mol. The lowest BCUT2D eigenvalue weighted by Gasteiger charge is -2.25. The summed E-state index contributed by atoms with van der Waals surface area (Å²) >= 11 is 0. The average Bonchev–Trinajstić information content (AvgIpc) is 2.33. The smallest absolute Gasteiger partial charge is 0.343 e. The molecule has 2 unspecified atom stereocenters. The maximum absolute atomic E-state index is 11.2. The summed E-state index contributed by atoms with van der Waals surface area (Å²) in [6, 6.07) is 3.22. The van der Waals surface area contributed by atoms with Crippen LogP contribution in [0.5, 0.6) is 5.75 Å². The van der Waals surface area contributed by atoms with E-state index in [9.17, 15) is 14.0 Å². The van der Waals surface area contributed by atoms with Gasteiger partial charge in [0.05, 0.1) is 6.61 Å². The first kappa shape index (κ1) is 19.3. The Bertz CT molecular complexity index is 559. The Hall–Kier alpha value is -0.750. The molecule has 0 spiro atoms. The van der Waals surface area contributed by atoms with Gasteiger partial charge in [-0.3, -0.25) is 4.57 Å². The van der Waals surface area contributed by atoms with Crippen LogP contribution in [-0.4, -0.2) is 26.7 Å². The van der Waals surface area contributed by atoms with Crippen LogP contribution in [0.15, 0.2) is 24.5 Å². The third-order valence-electron chi connectivity index (χ3n) is 2.93. The molecule has 0 saturated carbocycles. The normalized spacial score (nSPS) is 16.3. The van der Waals surface area contributed by atoms with Gasteiger partial charge in [-0.25, -0.2) is 4.57 Å². The van der Waals surface area contributed by atoms with Crippen molar-refractivity contribution >= 4 is 15.2 Å². The molecule has 0 aliphatic rings. The molecule has 0 amide bonds. The topological polar surface area (TPSA) is 131 Å². The second-order valence-corrected chi connectivity index (χ2v) is 9.36. The Labute approximate surface area is 129 Å². The standard InChI is InChI=1S/C12H21NO7P2/c1-10(2)5-7-20-11-4-3-6-13(8-11)9-12(21(14,15)16)22(17,18)19/h3-4,6,8,10,12H,5,7,9H2,1-2H3,(H3-,14,15,16,17,18,19). The fraction of sp³-hybridized carbons (Fsp3) is 0.583. The molecule has 126 valence electrons. The van der Waals surface area contributed by atoms with Gasteiger partial charge in [-0.2, -0.15) is 0 Å². The molecule has 8 nitrogen and oxygen atoms in total. The molecule has 0 aliphatic heterocycles.